The van der Waals surface area contributed by atoms with Gasteiger partial charge in [-0.1, -0.05) is 23.7 Å². The van der Waals surface area contributed by atoms with Crippen molar-refractivity contribution < 1.29 is 21.6 Å². The van der Waals surface area contributed by atoms with Gasteiger partial charge in [-0.05, 0) is 48.0 Å². The number of nitrogens with zero attached hydrogens (tertiary/aromatic N) is 1. The first-order valence-electron chi connectivity index (χ1n) is 8.31. The number of benzene rings is 3. The van der Waals surface area contributed by atoms with Gasteiger partial charge in [-0.3, -0.25) is 4.98 Å². The van der Waals surface area contributed by atoms with E-state index in [9.17, 15) is 21.6 Å². The highest BCUT2D eigenvalue weighted by Crippen LogP contribution is 2.37. The maximum absolute atomic E-state index is 14.0. The molecule has 0 N–H and O–H groups in total. The first-order chi connectivity index (χ1) is 13.8. The van der Waals surface area contributed by atoms with Crippen LogP contribution in [0.3, 0.4) is 0 Å². The van der Waals surface area contributed by atoms with Gasteiger partial charge in [-0.25, -0.2) is 21.6 Å². The molecule has 1 heterocycles. The zero-order chi connectivity index (χ0) is 20.8. The van der Waals surface area contributed by atoms with Crippen molar-refractivity contribution in [1.29, 1.82) is 0 Å². The standard InChI is InChI=1S/C21H11ClF3NO2S/c22-13-3-1-2-12(6-13)21-18-10-14(23)4-5-19(18)26-11-20(21)29(27,28)17-8-15(24)7-16(25)9-17/h1-11H. The summed E-state index contributed by atoms with van der Waals surface area (Å²) in [5.74, 6) is -2.66. The Morgan fingerprint density at radius 3 is 2.24 bits per heavy atom. The van der Waals surface area contributed by atoms with Crippen LogP contribution in [0.15, 0.2) is 76.7 Å². The third kappa shape index (κ3) is 3.59. The van der Waals surface area contributed by atoms with Gasteiger partial charge in [0.15, 0.2) is 0 Å². The molecule has 0 aliphatic rings. The fourth-order valence-electron chi connectivity index (χ4n) is 3.10. The average molecular weight is 434 g/mol. The summed E-state index contributed by atoms with van der Waals surface area (Å²) >= 11 is 6.06. The van der Waals surface area contributed by atoms with E-state index in [4.69, 9.17) is 11.6 Å². The van der Waals surface area contributed by atoms with Crippen molar-refractivity contribution in [1.82, 2.24) is 4.98 Å². The Kier molecular flexibility index (Phi) is 4.80. The number of halogens is 4. The van der Waals surface area contributed by atoms with Crippen LogP contribution in [-0.2, 0) is 9.84 Å². The Balaban J connectivity index is 2.11. The number of aromatic nitrogens is 1. The summed E-state index contributed by atoms with van der Waals surface area (Å²) in [7, 11) is -4.39. The molecule has 1 aromatic heterocycles. The first kappa shape index (κ1) is 19.4. The summed E-state index contributed by atoms with van der Waals surface area (Å²) < 4.78 is 67.8. The highest BCUT2D eigenvalue weighted by Gasteiger charge is 2.26. The van der Waals surface area contributed by atoms with Crippen molar-refractivity contribution in [3.63, 3.8) is 0 Å². The minimum absolute atomic E-state index is 0.140. The van der Waals surface area contributed by atoms with Crippen LogP contribution in [0.2, 0.25) is 5.02 Å². The van der Waals surface area contributed by atoms with Crippen LogP contribution < -0.4 is 0 Å². The van der Waals surface area contributed by atoms with Crippen molar-refractivity contribution in [2.24, 2.45) is 0 Å². The molecule has 0 saturated carbocycles. The van der Waals surface area contributed by atoms with Gasteiger partial charge < -0.3 is 0 Å². The van der Waals surface area contributed by atoms with Gasteiger partial charge >= 0.3 is 0 Å². The lowest BCUT2D eigenvalue weighted by atomic mass is 10.0. The number of hydrogen-bond acceptors (Lipinski definition) is 3. The Morgan fingerprint density at radius 2 is 1.55 bits per heavy atom. The lowest BCUT2D eigenvalue weighted by Crippen LogP contribution is -2.07. The molecule has 0 bridgehead atoms. The summed E-state index contributed by atoms with van der Waals surface area (Å²) in [6.45, 7) is 0. The Morgan fingerprint density at radius 1 is 0.828 bits per heavy atom. The lowest BCUT2D eigenvalue weighted by molar-refractivity contribution is 0.567. The van der Waals surface area contributed by atoms with Gasteiger partial charge in [0.25, 0.3) is 0 Å². The van der Waals surface area contributed by atoms with Gasteiger partial charge in [-0.2, -0.15) is 0 Å². The quantitative estimate of drug-likeness (QED) is 0.410. The summed E-state index contributed by atoms with van der Waals surface area (Å²) in [6.07, 6.45) is 1.09. The van der Waals surface area contributed by atoms with Crippen molar-refractivity contribution in [2.45, 2.75) is 9.79 Å². The maximum Gasteiger partial charge on any atom is 0.208 e. The zero-order valence-electron chi connectivity index (χ0n) is 14.5. The molecule has 0 saturated heterocycles. The monoisotopic (exact) mass is 433 g/mol. The second kappa shape index (κ2) is 7.17. The molecule has 3 aromatic carbocycles. The number of rotatable bonds is 3. The minimum atomic E-state index is -4.39. The molecule has 0 unspecified atom stereocenters. The largest absolute Gasteiger partial charge is 0.255 e. The number of sulfone groups is 1. The molecule has 0 spiro atoms. The zero-order valence-corrected chi connectivity index (χ0v) is 16.1. The van der Waals surface area contributed by atoms with Crippen LogP contribution in [0.1, 0.15) is 0 Å². The molecule has 146 valence electrons. The summed E-state index contributed by atoms with van der Waals surface area (Å²) in [6, 6.07) is 12.1. The van der Waals surface area contributed by atoms with Crippen molar-refractivity contribution in [2.75, 3.05) is 0 Å². The predicted molar refractivity (Wildman–Crippen MR) is 104 cm³/mol. The van der Waals surface area contributed by atoms with Crippen molar-refractivity contribution in [3.05, 3.63) is 89.3 Å². The van der Waals surface area contributed by atoms with Gasteiger partial charge in [0.1, 0.15) is 17.5 Å². The molecule has 3 nitrogen and oxygen atoms in total. The van der Waals surface area contributed by atoms with E-state index >= 15 is 0 Å². The normalized spacial score (nSPS) is 11.7. The molecule has 0 radical (unpaired) electrons. The molecular weight excluding hydrogens is 423 g/mol. The second-order valence-electron chi connectivity index (χ2n) is 6.28. The van der Waals surface area contributed by atoms with E-state index < -0.39 is 32.2 Å². The lowest BCUT2D eigenvalue weighted by Gasteiger charge is -2.14. The van der Waals surface area contributed by atoms with E-state index in [0.717, 1.165) is 24.4 Å². The smallest absolute Gasteiger partial charge is 0.208 e. The van der Waals surface area contributed by atoms with Gasteiger partial charge in [-0.15, -0.1) is 0 Å². The molecular formula is C21H11ClF3NO2S. The highest BCUT2D eigenvalue weighted by atomic mass is 35.5. The molecule has 0 atom stereocenters. The third-order valence-electron chi connectivity index (χ3n) is 4.34. The first-order valence-corrected chi connectivity index (χ1v) is 10.2. The molecule has 8 heteroatoms. The highest BCUT2D eigenvalue weighted by molar-refractivity contribution is 7.91. The summed E-state index contributed by atoms with van der Waals surface area (Å²) in [4.78, 5) is 3.21. The topological polar surface area (TPSA) is 47.0 Å². The predicted octanol–water partition coefficient (Wildman–Crippen LogP) is 5.81. The van der Waals surface area contributed by atoms with Crippen LogP contribution >= 0.6 is 11.6 Å². The Bertz CT molecular complexity index is 1350. The molecule has 29 heavy (non-hydrogen) atoms. The van der Waals surface area contributed by atoms with Crippen molar-refractivity contribution in [3.8, 4) is 11.1 Å². The second-order valence-corrected chi connectivity index (χ2v) is 8.63. The fourth-order valence-corrected chi connectivity index (χ4v) is 4.77. The van der Waals surface area contributed by atoms with Crippen LogP contribution in [0.5, 0.6) is 0 Å². The third-order valence-corrected chi connectivity index (χ3v) is 6.32. The van der Waals surface area contributed by atoms with E-state index in [1.54, 1.807) is 18.2 Å². The molecule has 0 aliphatic heterocycles. The van der Waals surface area contributed by atoms with E-state index in [-0.39, 0.29) is 15.8 Å². The molecule has 0 aliphatic carbocycles. The van der Waals surface area contributed by atoms with Crippen LogP contribution in [0, 0.1) is 17.5 Å². The molecule has 0 amide bonds. The van der Waals surface area contributed by atoms with E-state index in [0.29, 0.717) is 22.2 Å². The van der Waals surface area contributed by atoms with Crippen LogP contribution in [-0.4, -0.2) is 13.4 Å². The van der Waals surface area contributed by atoms with E-state index in [1.807, 2.05) is 0 Å². The van der Waals surface area contributed by atoms with Crippen LogP contribution in [0.4, 0.5) is 13.2 Å². The van der Waals surface area contributed by atoms with Gasteiger partial charge in [0, 0.05) is 28.2 Å². The minimum Gasteiger partial charge on any atom is -0.255 e. The Hall–Kier alpha value is -2.90. The SMILES string of the molecule is O=S(=O)(c1cc(F)cc(F)c1)c1cnc2ccc(F)cc2c1-c1cccc(Cl)c1. The molecule has 4 rings (SSSR count). The van der Waals surface area contributed by atoms with E-state index in [2.05, 4.69) is 4.98 Å². The summed E-state index contributed by atoms with van der Waals surface area (Å²) in [5, 5.41) is 0.564. The maximum atomic E-state index is 14.0. The molecule has 4 aromatic rings. The number of pyridine rings is 1. The van der Waals surface area contributed by atoms with Gasteiger partial charge in [0.05, 0.1) is 15.3 Å². The van der Waals surface area contributed by atoms with Gasteiger partial charge in [0.2, 0.25) is 9.84 Å². The number of hydrogen-bond donors (Lipinski definition) is 0. The van der Waals surface area contributed by atoms with E-state index in [1.165, 1.54) is 18.2 Å². The summed E-state index contributed by atoms with van der Waals surface area (Å²) in [5.41, 5.74) is 0.887. The Labute approximate surface area is 169 Å². The number of fused-ring (bicyclic) bond motifs is 1. The van der Waals surface area contributed by atoms with Crippen molar-refractivity contribution >= 4 is 32.3 Å². The van der Waals surface area contributed by atoms with Crippen LogP contribution in [0.25, 0.3) is 22.0 Å². The molecule has 0 fully saturated rings. The fraction of sp³-hybridized carbons (Fsp3) is 0. The average Bonchev–Trinajstić information content (AvgIpc) is 2.66.